The van der Waals surface area contributed by atoms with Gasteiger partial charge in [-0.25, -0.2) is 4.79 Å². The third-order valence-corrected chi connectivity index (χ3v) is 3.84. The number of halogens is 1. The molecule has 1 rings (SSSR count). The van der Waals surface area contributed by atoms with Crippen LogP contribution in [0.1, 0.15) is 39.2 Å². The fourth-order valence-electron chi connectivity index (χ4n) is 2.55. The molecule has 1 aromatic carbocycles. The highest BCUT2D eigenvalue weighted by Gasteiger charge is 2.15. The number of ether oxygens (including phenoxy) is 1. The first-order valence-corrected chi connectivity index (χ1v) is 9.94. The zero-order chi connectivity index (χ0) is 20.8. The number of nitrogens with zero attached hydrogens (tertiary/aromatic N) is 2. The van der Waals surface area contributed by atoms with E-state index in [-0.39, 0.29) is 30.1 Å². The summed E-state index contributed by atoms with van der Waals surface area (Å²) in [4.78, 5) is 18.1. The largest absolute Gasteiger partial charge is 0.444 e. The molecule has 0 saturated heterocycles. The van der Waals surface area contributed by atoms with Gasteiger partial charge in [0.1, 0.15) is 5.60 Å². The van der Waals surface area contributed by atoms with Crippen LogP contribution >= 0.6 is 24.0 Å². The smallest absolute Gasteiger partial charge is 0.407 e. The predicted octanol–water partition coefficient (Wildman–Crippen LogP) is 3.21. The molecule has 0 aliphatic heterocycles. The first-order chi connectivity index (χ1) is 13.3. The summed E-state index contributed by atoms with van der Waals surface area (Å²) in [5.74, 6) is 0.781. The van der Waals surface area contributed by atoms with Gasteiger partial charge in [0.2, 0.25) is 0 Å². The van der Waals surface area contributed by atoms with Crippen molar-refractivity contribution in [3.8, 4) is 0 Å². The summed E-state index contributed by atoms with van der Waals surface area (Å²) in [6, 6.07) is 10.5. The van der Waals surface area contributed by atoms with E-state index in [9.17, 15) is 4.79 Å². The van der Waals surface area contributed by atoms with E-state index in [4.69, 9.17) is 4.74 Å². The summed E-state index contributed by atoms with van der Waals surface area (Å²) < 4.78 is 5.20. The molecule has 1 aromatic rings. The highest BCUT2D eigenvalue weighted by atomic mass is 127. The molecule has 29 heavy (non-hydrogen) atoms. The number of alkyl carbamates (subject to hydrolysis) is 1. The standard InChI is InChI=1S/C21H37N5O2.HI/c1-21(2,3)28-20(27)25-14-9-13-23-19(22-4)24-15-10-16-26(5)17-18-11-7-6-8-12-18;/h6-8,11-12H,9-10,13-17H2,1-5H3,(H,25,27)(H2,22,23,24);1H. The molecule has 0 bridgehead atoms. The SMILES string of the molecule is CN=C(NCCCNC(=O)OC(C)(C)C)NCCCN(C)Cc1ccccc1.I. The minimum atomic E-state index is -0.469. The van der Waals surface area contributed by atoms with Crippen LogP contribution in [0.15, 0.2) is 35.3 Å². The van der Waals surface area contributed by atoms with Crippen molar-refractivity contribution in [2.24, 2.45) is 4.99 Å². The highest BCUT2D eigenvalue weighted by Crippen LogP contribution is 2.06. The first-order valence-electron chi connectivity index (χ1n) is 9.94. The molecule has 0 spiro atoms. The molecule has 8 heteroatoms. The number of amides is 1. The van der Waals surface area contributed by atoms with Gasteiger partial charge in [-0.2, -0.15) is 0 Å². The van der Waals surface area contributed by atoms with Crippen LogP contribution in [0.4, 0.5) is 4.79 Å². The number of hydrogen-bond donors (Lipinski definition) is 3. The number of hydrogen-bond acceptors (Lipinski definition) is 4. The first kappa shape index (κ1) is 27.5. The Morgan fingerprint density at radius 1 is 1.03 bits per heavy atom. The van der Waals surface area contributed by atoms with E-state index >= 15 is 0 Å². The van der Waals surface area contributed by atoms with Crippen LogP contribution in [0.2, 0.25) is 0 Å². The summed E-state index contributed by atoms with van der Waals surface area (Å²) in [5.41, 5.74) is 0.860. The molecule has 0 atom stereocenters. The van der Waals surface area contributed by atoms with Crippen LogP contribution in [0.3, 0.4) is 0 Å². The van der Waals surface area contributed by atoms with Crippen LogP contribution in [0.25, 0.3) is 0 Å². The second kappa shape index (κ2) is 15.3. The van der Waals surface area contributed by atoms with Crippen LogP contribution in [-0.4, -0.2) is 62.8 Å². The minimum Gasteiger partial charge on any atom is -0.444 e. The van der Waals surface area contributed by atoms with Crippen molar-refractivity contribution >= 4 is 36.0 Å². The molecule has 7 nitrogen and oxygen atoms in total. The lowest BCUT2D eigenvalue weighted by atomic mass is 10.2. The number of benzene rings is 1. The Hall–Kier alpha value is -1.55. The van der Waals surface area contributed by atoms with Gasteiger partial charge in [-0.05, 0) is 52.8 Å². The Balaban J connectivity index is 0.00000784. The normalized spacial score (nSPS) is 11.6. The Labute approximate surface area is 193 Å². The van der Waals surface area contributed by atoms with Gasteiger partial charge in [-0.3, -0.25) is 4.99 Å². The molecular weight excluding hydrogens is 481 g/mol. The molecule has 0 fully saturated rings. The molecular formula is C21H38IN5O2. The number of aliphatic imine (C=N–C) groups is 1. The summed E-state index contributed by atoms with van der Waals surface area (Å²) in [5, 5.41) is 9.32. The fraction of sp³-hybridized carbons (Fsp3) is 0.619. The number of nitrogens with one attached hydrogen (secondary N) is 3. The molecule has 0 heterocycles. The summed E-state index contributed by atoms with van der Waals surface area (Å²) in [7, 11) is 3.90. The van der Waals surface area contributed by atoms with Gasteiger partial charge in [0.15, 0.2) is 5.96 Å². The molecule has 3 N–H and O–H groups in total. The van der Waals surface area contributed by atoms with Crippen LogP contribution in [-0.2, 0) is 11.3 Å². The number of rotatable bonds is 10. The van der Waals surface area contributed by atoms with Crippen molar-refractivity contribution in [3.63, 3.8) is 0 Å². The Bertz CT molecular complexity index is 590. The van der Waals surface area contributed by atoms with Gasteiger partial charge in [-0.1, -0.05) is 30.3 Å². The van der Waals surface area contributed by atoms with Crippen molar-refractivity contribution in [3.05, 3.63) is 35.9 Å². The average Bonchev–Trinajstić information content (AvgIpc) is 2.62. The van der Waals surface area contributed by atoms with Gasteiger partial charge < -0.3 is 25.6 Å². The number of carbonyl (C=O) groups is 1. The number of carbonyl (C=O) groups excluding carboxylic acids is 1. The molecule has 166 valence electrons. The summed E-state index contributed by atoms with van der Waals surface area (Å²) in [6.45, 7) is 9.66. The third kappa shape index (κ3) is 15.0. The van der Waals surface area contributed by atoms with E-state index in [2.05, 4.69) is 57.2 Å². The molecule has 0 aromatic heterocycles. The van der Waals surface area contributed by atoms with Gasteiger partial charge in [0.25, 0.3) is 0 Å². The zero-order valence-electron chi connectivity index (χ0n) is 18.5. The average molecular weight is 519 g/mol. The van der Waals surface area contributed by atoms with E-state index < -0.39 is 5.60 Å². The zero-order valence-corrected chi connectivity index (χ0v) is 20.8. The van der Waals surface area contributed by atoms with Crippen molar-refractivity contribution in [1.82, 2.24) is 20.9 Å². The van der Waals surface area contributed by atoms with Gasteiger partial charge in [0, 0.05) is 33.2 Å². The van der Waals surface area contributed by atoms with Crippen molar-refractivity contribution in [1.29, 1.82) is 0 Å². The van der Waals surface area contributed by atoms with Crippen LogP contribution < -0.4 is 16.0 Å². The summed E-state index contributed by atoms with van der Waals surface area (Å²) >= 11 is 0. The van der Waals surface area contributed by atoms with E-state index in [0.717, 1.165) is 45.0 Å². The van der Waals surface area contributed by atoms with E-state index in [1.807, 2.05) is 26.8 Å². The van der Waals surface area contributed by atoms with Crippen LogP contribution in [0, 0.1) is 0 Å². The topological polar surface area (TPSA) is 78.0 Å². The second-order valence-electron chi connectivity index (χ2n) is 7.78. The highest BCUT2D eigenvalue weighted by molar-refractivity contribution is 14.0. The van der Waals surface area contributed by atoms with Crippen molar-refractivity contribution in [2.45, 2.75) is 45.8 Å². The van der Waals surface area contributed by atoms with Gasteiger partial charge >= 0.3 is 6.09 Å². The fourth-order valence-corrected chi connectivity index (χ4v) is 2.55. The van der Waals surface area contributed by atoms with E-state index in [1.54, 1.807) is 7.05 Å². The maximum absolute atomic E-state index is 11.6. The number of guanidine groups is 1. The van der Waals surface area contributed by atoms with E-state index in [1.165, 1.54) is 5.56 Å². The Morgan fingerprint density at radius 3 is 2.21 bits per heavy atom. The lowest BCUT2D eigenvalue weighted by molar-refractivity contribution is 0.0527. The Morgan fingerprint density at radius 2 is 1.62 bits per heavy atom. The molecule has 0 aliphatic carbocycles. The summed E-state index contributed by atoms with van der Waals surface area (Å²) in [6.07, 6.45) is 1.44. The maximum atomic E-state index is 11.6. The minimum absolute atomic E-state index is 0. The monoisotopic (exact) mass is 519 g/mol. The van der Waals surface area contributed by atoms with E-state index in [0.29, 0.717) is 6.54 Å². The molecule has 0 aliphatic rings. The Kier molecular flexibility index (Phi) is 14.5. The van der Waals surface area contributed by atoms with Crippen molar-refractivity contribution in [2.75, 3.05) is 40.3 Å². The quantitative estimate of drug-likeness (QED) is 0.192. The lowest BCUT2D eigenvalue weighted by Crippen LogP contribution is -2.40. The molecule has 0 unspecified atom stereocenters. The lowest BCUT2D eigenvalue weighted by Gasteiger charge is -2.19. The van der Waals surface area contributed by atoms with Gasteiger partial charge in [-0.15, -0.1) is 24.0 Å². The molecule has 1 amide bonds. The molecule has 0 radical (unpaired) electrons. The predicted molar refractivity (Wildman–Crippen MR) is 131 cm³/mol. The van der Waals surface area contributed by atoms with Crippen molar-refractivity contribution < 1.29 is 9.53 Å². The second-order valence-corrected chi connectivity index (χ2v) is 7.78. The molecule has 0 saturated carbocycles. The van der Waals surface area contributed by atoms with Gasteiger partial charge in [0.05, 0.1) is 0 Å². The maximum Gasteiger partial charge on any atom is 0.407 e. The third-order valence-electron chi connectivity index (χ3n) is 3.84. The van der Waals surface area contributed by atoms with Crippen LogP contribution in [0.5, 0.6) is 0 Å².